The monoisotopic (exact) mass is 235 g/mol. The lowest BCUT2D eigenvalue weighted by Crippen LogP contribution is -2.45. The van der Waals surface area contributed by atoms with E-state index in [1.807, 2.05) is 13.0 Å². The molecular weight excluding hydrogens is 218 g/mol. The van der Waals surface area contributed by atoms with Gasteiger partial charge in [-0.1, -0.05) is 18.2 Å². The highest BCUT2D eigenvalue weighted by Gasteiger charge is 2.21. The standard InChI is InChI=1S/C13H17NO3/c1-10-9-14(6-7-17-10)13(16)8-11-4-2-3-5-12(11)15/h2-5,10,15H,6-9H2,1H3. The second-order valence-electron chi connectivity index (χ2n) is 4.33. The summed E-state index contributed by atoms with van der Waals surface area (Å²) < 4.78 is 5.39. The van der Waals surface area contributed by atoms with Gasteiger partial charge in [-0.15, -0.1) is 0 Å². The third-order valence-electron chi connectivity index (χ3n) is 2.93. The SMILES string of the molecule is CC1CN(C(=O)Cc2ccccc2O)CCO1. The average Bonchev–Trinajstić information content (AvgIpc) is 2.32. The number of aromatic hydroxyl groups is 1. The highest BCUT2D eigenvalue weighted by Crippen LogP contribution is 2.17. The molecule has 4 nitrogen and oxygen atoms in total. The Labute approximate surface area is 101 Å². The van der Waals surface area contributed by atoms with Gasteiger partial charge in [-0.05, 0) is 13.0 Å². The lowest BCUT2D eigenvalue weighted by atomic mass is 10.1. The first-order valence-electron chi connectivity index (χ1n) is 5.83. The fourth-order valence-corrected chi connectivity index (χ4v) is 1.98. The Hall–Kier alpha value is -1.55. The number of rotatable bonds is 2. The van der Waals surface area contributed by atoms with Crippen molar-refractivity contribution in [2.45, 2.75) is 19.4 Å². The van der Waals surface area contributed by atoms with Crippen LogP contribution in [0.2, 0.25) is 0 Å². The minimum atomic E-state index is 0.0432. The van der Waals surface area contributed by atoms with Crippen molar-refractivity contribution in [2.75, 3.05) is 19.7 Å². The molecule has 1 unspecified atom stereocenters. The predicted molar refractivity (Wildman–Crippen MR) is 63.8 cm³/mol. The van der Waals surface area contributed by atoms with Crippen molar-refractivity contribution in [1.82, 2.24) is 4.90 Å². The molecule has 1 N–H and O–H groups in total. The average molecular weight is 235 g/mol. The van der Waals surface area contributed by atoms with Crippen molar-refractivity contribution in [1.29, 1.82) is 0 Å². The van der Waals surface area contributed by atoms with Crippen molar-refractivity contribution in [2.24, 2.45) is 0 Å². The van der Waals surface area contributed by atoms with Gasteiger partial charge >= 0.3 is 0 Å². The number of amides is 1. The molecule has 1 aromatic rings. The van der Waals surface area contributed by atoms with Crippen LogP contribution in [0.4, 0.5) is 0 Å². The van der Waals surface area contributed by atoms with Crippen LogP contribution < -0.4 is 0 Å². The zero-order valence-corrected chi connectivity index (χ0v) is 9.93. The van der Waals surface area contributed by atoms with E-state index in [1.165, 1.54) is 0 Å². The van der Waals surface area contributed by atoms with E-state index >= 15 is 0 Å². The van der Waals surface area contributed by atoms with E-state index < -0.39 is 0 Å². The molecule has 2 rings (SSSR count). The summed E-state index contributed by atoms with van der Waals surface area (Å²) in [6.45, 7) is 3.82. The summed E-state index contributed by atoms with van der Waals surface area (Å²) in [5, 5.41) is 9.61. The van der Waals surface area contributed by atoms with Gasteiger partial charge < -0.3 is 14.7 Å². The van der Waals surface area contributed by atoms with Crippen molar-refractivity contribution >= 4 is 5.91 Å². The smallest absolute Gasteiger partial charge is 0.227 e. The zero-order valence-electron chi connectivity index (χ0n) is 9.93. The number of phenolic OH excluding ortho intramolecular Hbond substituents is 1. The largest absolute Gasteiger partial charge is 0.508 e. The first-order valence-corrected chi connectivity index (χ1v) is 5.83. The normalized spacial score (nSPS) is 20.3. The molecule has 0 spiro atoms. The molecule has 1 heterocycles. The number of nitrogens with zero attached hydrogens (tertiary/aromatic N) is 1. The highest BCUT2D eigenvalue weighted by molar-refractivity contribution is 5.79. The van der Waals surface area contributed by atoms with E-state index in [9.17, 15) is 9.90 Å². The van der Waals surface area contributed by atoms with Crippen molar-refractivity contribution < 1.29 is 14.6 Å². The number of ether oxygens (including phenoxy) is 1. The van der Waals surface area contributed by atoms with Crippen LogP contribution in [0.1, 0.15) is 12.5 Å². The minimum absolute atomic E-state index is 0.0432. The summed E-state index contributed by atoms with van der Waals surface area (Å²) >= 11 is 0. The fraction of sp³-hybridized carbons (Fsp3) is 0.462. The van der Waals surface area contributed by atoms with Gasteiger partial charge in [0.2, 0.25) is 5.91 Å². The van der Waals surface area contributed by atoms with Gasteiger partial charge in [0.15, 0.2) is 0 Å². The van der Waals surface area contributed by atoms with E-state index in [-0.39, 0.29) is 24.2 Å². The molecule has 92 valence electrons. The van der Waals surface area contributed by atoms with Gasteiger partial charge in [-0.2, -0.15) is 0 Å². The number of morpholine rings is 1. The first kappa shape index (κ1) is 11.9. The summed E-state index contributed by atoms with van der Waals surface area (Å²) in [7, 11) is 0. The Morgan fingerprint density at radius 2 is 2.29 bits per heavy atom. The third kappa shape index (κ3) is 2.97. The minimum Gasteiger partial charge on any atom is -0.508 e. The molecule has 0 bridgehead atoms. The van der Waals surface area contributed by atoms with Crippen LogP contribution in [-0.2, 0) is 16.0 Å². The van der Waals surface area contributed by atoms with Crippen LogP contribution in [0.25, 0.3) is 0 Å². The molecule has 1 fully saturated rings. The summed E-state index contributed by atoms with van der Waals surface area (Å²) in [5.41, 5.74) is 0.677. The van der Waals surface area contributed by atoms with E-state index in [2.05, 4.69) is 0 Å². The molecule has 1 atom stereocenters. The molecule has 17 heavy (non-hydrogen) atoms. The number of hydrogen-bond acceptors (Lipinski definition) is 3. The molecule has 1 aromatic carbocycles. The molecular formula is C13H17NO3. The van der Waals surface area contributed by atoms with Crippen LogP contribution in [-0.4, -0.2) is 41.7 Å². The highest BCUT2D eigenvalue weighted by atomic mass is 16.5. The maximum atomic E-state index is 12.0. The zero-order chi connectivity index (χ0) is 12.3. The summed E-state index contributed by atoms with van der Waals surface area (Å²) in [4.78, 5) is 13.8. The second kappa shape index (κ2) is 5.19. The summed E-state index contributed by atoms with van der Waals surface area (Å²) in [6, 6.07) is 6.95. The van der Waals surface area contributed by atoms with Crippen LogP contribution in [0, 0.1) is 0 Å². The summed E-state index contributed by atoms with van der Waals surface area (Å²) in [6.07, 6.45) is 0.344. The van der Waals surface area contributed by atoms with Gasteiger partial charge in [0.25, 0.3) is 0 Å². The molecule has 1 aliphatic heterocycles. The number of phenols is 1. The summed E-state index contributed by atoms with van der Waals surface area (Å²) in [5.74, 6) is 0.226. The Morgan fingerprint density at radius 3 is 3.00 bits per heavy atom. The van der Waals surface area contributed by atoms with E-state index in [1.54, 1.807) is 23.1 Å². The second-order valence-corrected chi connectivity index (χ2v) is 4.33. The van der Waals surface area contributed by atoms with Crippen molar-refractivity contribution in [3.8, 4) is 5.75 Å². The maximum Gasteiger partial charge on any atom is 0.227 e. The Kier molecular flexibility index (Phi) is 3.64. The Morgan fingerprint density at radius 1 is 1.53 bits per heavy atom. The van der Waals surface area contributed by atoms with Crippen LogP contribution >= 0.6 is 0 Å². The molecule has 0 aromatic heterocycles. The predicted octanol–water partition coefficient (Wildman–Crippen LogP) is 1.18. The molecule has 1 aliphatic rings. The van der Waals surface area contributed by atoms with Gasteiger partial charge in [0, 0.05) is 18.7 Å². The molecule has 4 heteroatoms. The van der Waals surface area contributed by atoms with E-state index in [0.29, 0.717) is 25.3 Å². The van der Waals surface area contributed by atoms with Gasteiger partial charge in [0.05, 0.1) is 19.1 Å². The quantitative estimate of drug-likeness (QED) is 0.837. The third-order valence-corrected chi connectivity index (χ3v) is 2.93. The molecule has 1 saturated heterocycles. The van der Waals surface area contributed by atoms with Gasteiger partial charge in [-0.3, -0.25) is 4.79 Å². The Balaban J connectivity index is 1.99. The Bertz CT molecular complexity index is 405. The number of carbonyl (C=O) groups is 1. The van der Waals surface area contributed by atoms with Crippen LogP contribution in [0.3, 0.4) is 0 Å². The molecule has 1 amide bonds. The van der Waals surface area contributed by atoms with Gasteiger partial charge in [0.1, 0.15) is 5.75 Å². The topological polar surface area (TPSA) is 49.8 Å². The molecule has 0 radical (unpaired) electrons. The lowest BCUT2D eigenvalue weighted by molar-refractivity contribution is -0.137. The fourth-order valence-electron chi connectivity index (χ4n) is 1.98. The number of carbonyl (C=O) groups excluding carboxylic acids is 1. The van der Waals surface area contributed by atoms with Crippen LogP contribution in [0.15, 0.2) is 24.3 Å². The van der Waals surface area contributed by atoms with Crippen molar-refractivity contribution in [3.05, 3.63) is 29.8 Å². The maximum absolute atomic E-state index is 12.0. The number of hydrogen-bond donors (Lipinski definition) is 1. The molecule has 0 saturated carbocycles. The number of benzene rings is 1. The number of para-hydroxylation sites is 1. The lowest BCUT2D eigenvalue weighted by Gasteiger charge is -2.31. The van der Waals surface area contributed by atoms with E-state index in [0.717, 1.165) is 0 Å². The van der Waals surface area contributed by atoms with E-state index in [4.69, 9.17) is 4.74 Å². The van der Waals surface area contributed by atoms with Crippen LogP contribution in [0.5, 0.6) is 5.75 Å². The van der Waals surface area contributed by atoms with Gasteiger partial charge in [-0.25, -0.2) is 0 Å². The first-order chi connectivity index (χ1) is 8.16. The van der Waals surface area contributed by atoms with Crippen molar-refractivity contribution in [3.63, 3.8) is 0 Å². The molecule has 0 aliphatic carbocycles.